The van der Waals surface area contributed by atoms with E-state index in [1.807, 2.05) is 6.08 Å². The molecule has 2 rings (SSSR count). The van der Waals surface area contributed by atoms with Gasteiger partial charge in [-0.25, -0.2) is 0 Å². The SMILES string of the molecule is CCCCCCCCCCCCCCCCCCCCCCCCCCC/C=C/CC/C=C/C(O)C(COC1OC(CO)C(OC2OC(CO)C(O)C(O)C2O)C(O)C1O)NC(=O)CCCCCCCCCCCCCCCCCCCCCCCCCCCCCCCCCCCCCCC. The Morgan fingerprint density at radius 1 is 0.343 bits per heavy atom. The topological polar surface area (TPSA) is 228 Å². The maximum absolute atomic E-state index is 13.4. The number of ether oxygens (including phenoxy) is 4. The van der Waals surface area contributed by atoms with Crippen LogP contribution in [0.15, 0.2) is 24.3 Å². The minimum atomic E-state index is -1.79. The highest BCUT2D eigenvalue weighted by atomic mass is 16.7. The van der Waals surface area contributed by atoms with Gasteiger partial charge in [-0.2, -0.15) is 0 Å². The molecule has 12 atom stereocenters. The van der Waals surface area contributed by atoms with Crippen LogP contribution in [0.5, 0.6) is 0 Å². The van der Waals surface area contributed by atoms with E-state index in [2.05, 4.69) is 31.3 Å². The van der Waals surface area contributed by atoms with E-state index in [4.69, 9.17) is 18.9 Å². The smallest absolute Gasteiger partial charge is 0.220 e. The third-order valence-electron chi connectivity index (χ3n) is 22.1. The average molecular weight is 1450 g/mol. The minimum Gasteiger partial charge on any atom is -0.394 e. The molecule has 0 aliphatic carbocycles. The van der Waals surface area contributed by atoms with E-state index in [9.17, 15) is 45.6 Å². The zero-order valence-corrected chi connectivity index (χ0v) is 66.6. The first-order chi connectivity index (χ1) is 50.1. The van der Waals surface area contributed by atoms with Gasteiger partial charge < -0.3 is 65.1 Å². The van der Waals surface area contributed by atoms with Crippen LogP contribution in [-0.4, -0.2) is 140 Å². The molecule has 0 aromatic carbocycles. The summed E-state index contributed by atoms with van der Waals surface area (Å²) in [4.78, 5) is 13.4. The van der Waals surface area contributed by atoms with Gasteiger partial charge >= 0.3 is 0 Å². The molecule has 604 valence electrons. The molecule has 0 radical (unpaired) electrons. The summed E-state index contributed by atoms with van der Waals surface area (Å²) in [6.45, 7) is 2.87. The van der Waals surface area contributed by atoms with Gasteiger partial charge in [-0.05, 0) is 32.1 Å². The molecule has 1 amide bonds. The highest BCUT2D eigenvalue weighted by Crippen LogP contribution is 2.31. The monoisotopic (exact) mass is 1450 g/mol. The van der Waals surface area contributed by atoms with E-state index >= 15 is 0 Å². The molecule has 14 nitrogen and oxygen atoms in total. The number of carbonyl (C=O) groups excluding carboxylic acids is 1. The van der Waals surface area contributed by atoms with E-state index in [0.717, 1.165) is 32.1 Å². The van der Waals surface area contributed by atoms with E-state index in [1.165, 1.54) is 372 Å². The van der Waals surface area contributed by atoms with Crippen molar-refractivity contribution in [1.29, 1.82) is 0 Å². The predicted octanol–water partition coefficient (Wildman–Crippen LogP) is 21.4. The average Bonchev–Trinajstić information content (AvgIpc) is 0.790. The van der Waals surface area contributed by atoms with Crippen molar-refractivity contribution >= 4 is 5.91 Å². The highest BCUT2D eigenvalue weighted by molar-refractivity contribution is 5.76. The Bertz CT molecular complexity index is 1810. The number of hydrogen-bond donors (Lipinski definition) is 9. The second-order valence-corrected chi connectivity index (χ2v) is 31.7. The van der Waals surface area contributed by atoms with Gasteiger partial charge in [0, 0.05) is 6.42 Å². The Morgan fingerprint density at radius 3 is 0.961 bits per heavy atom. The van der Waals surface area contributed by atoms with Crippen LogP contribution in [-0.2, 0) is 23.7 Å². The molecule has 2 aliphatic rings. The zero-order chi connectivity index (χ0) is 73.7. The maximum Gasteiger partial charge on any atom is 0.220 e. The number of allylic oxidation sites excluding steroid dienone is 3. The molecular weight excluding hydrogens is 1280 g/mol. The fourth-order valence-corrected chi connectivity index (χ4v) is 15.1. The molecule has 0 bridgehead atoms. The van der Waals surface area contributed by atoms with Gasteiger partial charge in [-0.3, -0.25) is 4.79 Å². The summed E-state index contributed by atoms with van der Waals surface area (Å²) in [7, 11) is 0. The van der Waals surface area contributed by atoms with Gasteiger partial charge in [0.15, 0.2) is 12.6 Å². The number of carbonyl (C=O) groups is 1. The molecule has 102 heavy (non-hydrogen) atoms. The lowest BCUT2D eigenvalue weighted by atomic mass is 9.97. The molecule has 0 aromatic heterocycles. The van der Waals surface area contributed by atoms with Crippen LogP contribution < -0.4 is 5.32 Å². The molecule has 2 aliphatic heterocycles. The molecule has 2 saturated heterocycles. The molecule has 2 fully saturated rings. The second-order valence-electron chi connectivity index (χ2n) is 31.7. The molecule has 0 aromatic rings. The van der Waals surface area contributed by atoms with Gasteiger partial charge in [0.1, 0.15) is 48.8 Å². The summed E-state index contributed by atoms with van der Waals surface area (Å²) in [5.41, 5.74) is 0. The summed E-state index contributed by atoms with van der Waals surface area (Å²) in [6.07, 6.45) is 78.8. The summed E-state index contributed by atoms with van der Waals surface area (Å²) in [5.74, 6) is -0.238. The van der Waals surface area contributed by atoms with Crippen LogP contribution in [0.2, 0.25) is 0 Å². The van der Waals surface area contributed by atoms with Crippen LogP contribution in [0.3, 0.4) is 0 Å². The molecule has 0 spiro atoms. The molecular formula is C88H169NO13. The van der Waals surface area contributed by atoms with Crippen LogP contribution in [0.25, 0.3) is 0 Å². The largest absolute Gasteiger partial charge is 0.394 e. The quantitative estimate of drug-likeness (QED) is 0.0204. The van der Waals surface area contributed by atoms with Gasteiger partial charge in [-0.1, -0.05) is 423 Å². The predicted molar refractivity (Wildman–Crippen MR) is 425 cm³/mol. The van der Waals surface area contributed by atoms with Crippen molar-refractivity contribution in [2.45, 2.75) is 511 Å². The Balaban J connectivity index is 1.57. The van der Waals surface area contributed by atoms with E-state index in [-0.39, 0.29) is 18.9 Å². The number of amides is 1. The van der Waals surface area contributed by atoms with Crippen molar-refractivity contribution in [3.63, 3.8) is 0 Å². The van der Waals surface area contributed by atoms with Crippen molar-refractivity contribution in [1.82, 2.24) is 5.32 Å². The first kappa shape index (κ1) is 96.5. The van der Waals surface area contributed by atoms with Crippen LogP contribution in [0.1, 0.15) is 438 Å². The summed E-state index contributed by atoms with van der Waals surface area (Å²) in [5, 5.41) is 87.8. The fourth-order valence-electron chi connectivity index (χ4n) is 15.1. The third-order valence-corrected chi connectivity index (χ3v) is 22.1. The number of rotatable bonds is 77. The van der Waals surface area contributed by atoms with E-state index in [1.54, 1.807) is 6.08 Å². The lowest BCUT2D eigenvalue weighted by Crippen LogP contribution is -2.65. The van der Waals surface area contributed by atoms with Crippen LogP contribution >= 0.6 is 0 Å². The lowest BCUT2D eigenvalue weighted by Gasteiger charge is -2.46. The van der Waals surface area contributed by atoms with E-state index in [0.29, 0.717) is 12.8 Å². The first-order valence-corrected chi connectivity index (χ1v) is 44.6. The second kappa shape index (κ2) is 72.3. The zero-order valence-electron chi connectivity index (χ0n) is 66.6. The van der Waals surface area contributed by atoms with Crippen molar-refractivity contribution < 1.29 is 64.6 Å². The molecule has 14 heteroatoms. The summed E-state index contributed by atoms with van der Waals surface area (Å²) < 4.78 is 22.9. The number of aliphatic hydroxyl groups excluding tert-OH is 8. The minimum absolute atomic E-state index is 0.238. The van der Waals surface area contributed by atoms with Crippen molar-refractivity contribution in [2.24, 2.45) is 0 Å². The molecule has 9 N–H and O–H groups in total. The van der Waals surface area contributed by atoms with Crippen molar-refractivity contribution in [3.05, 3.63) is 24.3 Å². The molecule has 2 heterocycles. The summed E-state index contributed by atoms with van der Waals surface area (Å²) >= 11 is 0. The van der Waals surface area contributed by atoms with Crippen molar-refractivity contribution in [3.8, 4) is 0 Å². The maximum atomic E-state index is 13.4. The molecule has 0 saturated carbocycles. The van der Waals surface area contributed by atoms with Gasteiger partial charge in [-0.15, -0.1) is 0 Å². The number of aliphatic hydroxyl groups is 8. The summed E-state index contributed by atoms with van der Waals surface area (Å²) in [6, 6.07) is -0.931. The number of hydrogen-bond acceptors (Lipinski definition) is 13. The van der Waals surface area contributed by atoms with Crippen LogP contribution in [0, 0.1) is 0 Å². The third kappa shape index (κ3) is 54.1. The highest BCUT2D eigenvalue weighted by Gasteiger charge is 2.51. The van der Waals surface area contributed by atoms with Crippen LogP contribution in [0.4, 0.5) is 0 Å². The van der Waals surface area contributed by atoms with Gasteiger partial charge in [0.05, 0.1) is 32.0 Å². The fraction of sp³-hybridized carbons (Fsp3) is 0.943. The Morgan fingerprint density at radius 2 is 0.627 bits per heavy atom. The Labute approximate surface area is 628 Å². The Kier molecular flexibility index (Phi) is 68.5. The number of nitrogens with one attached hydrogen (secondary N) is 1. The van der Waals surface area contributed by atoms with Gasteiger partial charge in [0.2, 0.25) is 5.91 Å². The number of unbranched alkanes of at least 4 members (excludes halogenated alkanes) is 62. The standard InChI is InChI=1S/C88H169NO13/c1-3-5-7-9-11-13-15-17-19-21-23-25-27-29-31-33-35-36-37-38-39-40-42-44-46-48-50-52-54-56-58-60-62-64-66-68-70-72-80(93)89-76(75-99-87-85(98)83(96)86(79(74-91)101-87)102-88-84(97)82(95)81(94)78(73-90)100-88)77(92)71-69-67-65-63-61-59-57-55-53-51-49-47-45-43-41-34-32-30-28-26-24-22-20-18-16-14-12-10-8-6-4-2/h61,63,69,71,76-79,81-88,90-92,94-98H,3-60,62,64-68,70,72-75H2,1-2H3,(H,89,93)/b63-61+,71-69+. The van der Waals surface area contributed by atoms with E-state index < -0.39 is 86.8 Å². The lowest BCUT2D eigenvalue weighted by molar-refractivity contribution is -0.359. The Hall–Kier alpha value is -1.53. The molecule has 12 unspecified atom stereocenters. The normalized spacial score (nSPS) is 21.7. The van der Waals surface area contributed by atoms with Gasteiger partial charge in [0.25, 0.3) is 0 Å². The first-order valence-electron chi connectivity index (χ1n) is 44.6. The van der Waals surface area contributed by atoms with Crippen molar-refractivity contribution in [2.75, 3.05) is 19.8 Å².